The third kappa shape index (κ3) is 2.42. The summed E-state index contributed by atoms with van der Waals surface area (Å²) in [6.07, 6.45) is 1.20. The van der Waals surface area contributed by atoms with Gasteiger partial charge in [0.25, 0.3) is 0 Å². The van der Waals surface area contributed by atoms with Crippen molar-refractivity contribution in [2.45, 2.75) is 25.4 Å². The molecule has 1 unspecified atom stereocenters. The maximum atomic E-state index is 11.3. The van der Waals surface area contributed by atoms with Crippen LogP contribution in [0.2, 0.25) is 0 Å². The molecule has 0 bridgehead atoms. The summed E-state index contributed by atoms with van der Waals surface area (Å²) in [5, 5.41) is 12.9. The highest BCUT2D eigenvalue weighted by atomic mass is 16.3. The summed E-state index contributed by atoms with van der Waals surface area (Å²) in [6.45, 7) is 3.56. The van der Waals surface area contributed by atoms with Crippen molar-refractivity contribution in [2.24, 2.45) is 0 Å². The minimum atomic E-state index is -0.709. The van der Waals surface area contributed by atoms with E-state index in [1.54, 1.807) is 4.90 Å². The van der Waals surface area contributed by atoms with E-state index in [1.165, 1.54) is 0 Å². The Morgan fingerprint density at radius 1 is 1.69 bits per heavy atom. The highest BCUT2D eigenvalue weighted by molar-refractivity contribution is 5.76. The van der Waals surface area contributed by atoms with Crippen molar-refractivity contribution in [2.75, 3.05) is 26.7 Å². The van der Waals surface area contributed by atoms with Crippen molar-refractivity contribution in [3.63, 3.8) is 0 Å². The highest BCUT2D eigenvalue weighted by Crippen LogP contribution is 2.20. The number of hydrogen-bond donors (Lipinski definition) is 2. The number of rotatable bonds is 3. The van der Waals surface area contributed by atoms with E-state index in [4.69, 9.17) is 0 Å². The highest BCUT2D eigenvalue weighted by Gasteiger charge is 2.36. The third-order valence-electron chi connectivity index (χ3n) is 2.49. The topological polar surface area (TPSA) is 52.6 Å². The van der Waals surface area contributed by atoms with Gasteiger partial charge in [0.05, 0.1) is 12.1 Å². The molecule has 1 rings (SSSR count). The van der Waals surface area contributed by atoms with E-state index in [-0.39, 0.29) is 5.91 Å². The van der Waals surface area contributed by atoms with Crippen LogP contribution in [0.5, 0.6) is 0 Å². The third-order valence-corrected chi connectivity index (χ3v) is 2.49. The van der Waals surface area contributed by atoms with E-state index in [0.717, 1.165) is 0 Å². The van der Waals surface area contributed by atoms with Gasteiger partial charge in [0, 0.05) is 19.5 Å². The summed E-state index contributed by atoms with van der Waals surface area (Å²) < 4.78 is 0. The lowest BCUT2D eigenvalue weighted by Gasteiger charge is -2.22. The van der Waals surface area contributed by atoms with Crippen LogP contribution in [0.15, 0.2) is 0 Å². The predicted octanol–water partition coefficient (Wildman–Crippen LogP) is -0.421. The van der Waals surface area contributed by atoms with Crippen molar-refractivity contribution >= 4 is 5.91 Å². The Labute approximate surface area is 78.9 Å². The first-order valence-electron chi connectivity index (χ1n) is 4.76. The Morgan fingerprint density at radius 3 is 2.92 bits per heavy atom. The molecule has 1 amide bonds. The van der Waals surface area contributed by atoms with Gasteiger partial charge in [0.1, 0.15) is 0 Å². The van der Waals surface area contributed by atoms with E-state index in [1.807, 2.05) is 14.0 Å². The van der Waals surface area contributed by atoms with Crippen LogP contribution >= 0.6 is 0 Å². The van der Waals surface area contributed by atoms with Gasteiger partial charge in [-0.2, -0.15) is 0 Å². The predicted molar refractivity (Wildman–Crippen MR) is 50.4 cm³/mol. The average molecular weight is 186 g/mol. The summed E-state index contributed by atoms with van der Waals surface area (Å²) in [5.74, 6) is 0.132. The number of likely N-dealkylation sites (N-methyl/N-ethyl adjacent to an activating group) is 1. The second-order valence-corrected chi connectivity index (χ2v) is 3.67. The fraction of sp³-hybridized carbons (Fsp3) is 0.889. The number of carbonyl (C=O) groups is 1. The number of carbonyl (C=O) groups excluding carboxylic acids is 1. The van der Waals surface area contributed by atoms with E-state index >= 15 is 0 Å². The van der Waals surface area contributed by atoms with Crippen molar-refractivity contribution < 1.29 is 9.90 Å². The molecular formula is C9H18N2O2. The van der Waals surface area contributed by atoms with Gasteiger partial charge in [0.15, 0.2) is 0 Å². The molecule has 1 atom stereocenters. The number of nitrogens with one attached hydrogen (secondary N) is 1. The van der Waals surface area contributed by atoms with E-state index < -0.39 is 5.60 Å². The summed E-state index contributed by atoms with van der Waals surface area (Å²) >= 11 is 0. The molecule has 4 nitrogen and oxygen atoms in total. The molecular weight excluding hydrogens is 168 g/mol. The molecule has 13 heavy (non-hydrogen) atoms. The monoisotopic (exact) mass is 186 g/mol. The standard InChI is InChI=1S/C9H18N2O2/c1-3-8(12)11-5-4-9(13,7-11)6-10-2/h10,13H,3-7H2,1-2H3. The van der Waals surface area contributed by atoms with E-state index in [9.17, 15) is 9.90 Å². The molecule has 1 aliphatic heterocycles. The van der Waals surface area contributed by atoms with Gasteiger partial charge in [-0.25, -0.2) is 0 Å². The van der Waals surface area contributed by atoms with Crippen molar-refractivity contribution in [3.8, 4) is 0 Å². The largest absolute Gasteiger partial charge is 0.387 e. The number of hydrogen-bond acceptors (Lipinski definition) is 3. The van der Waals surface area contributed by atoms with Crippen LogP contribution in [-0.2, 0) is 4.79 Å². The van der Waals surface area contributed by atoms with Crippen molar-refractivity contribution in [3.05, 3.63) is 0 Å². The van der Waals surface area contributed by atoms with Gasteiger partial charge >= 0.3 is 0 Å². The number of β-amino-alcohol motifs (C(OH)–C–C–N with tert-alkyl or cyclic N) is 1. The fourth-order valence-corrected chi connectivity index (χ4v) is 1.77. The van der Waals surface area contributed by atoms with Gasteiger partial charge < -0.3 is 15.3 Å². The van der Waals surface area contributed by atoms with Gasteiger partial charge in [-0.3, -0.25) is 4.79 Å². The maximum absolute atomic E-state index is 11.3. The molecule has 0 aliphatic carbocycles. The van der Waals surface area contributed by atoms with Gasteiger partial charge in [-0.15, -0.1) is 0 Å². The number of amides is 1. The second kappa shape index (κ2) is 4.07. The molecule has 0 aromatic carbocycles. The normalized spacial score (nSPS) is 28.1. The van der Waals surface area contributed by atoms with Gasteiger partial charge in [-0.1, -0.05) is 6.92 Å². The maximum Gasteiger partial charge on any atom is 0.222 e. The molecule has 1 fully saturated rings. The zero-order valence-corrected chi connectivity index (χ0v) is 8.34. The first kappa shape index (κ1) is 10.5. The minimum Gasteiger partial charge on any atom is -0.387 e. The number of aliphatic hydroxyl groups is 1. The molecule has 4 heteroatoms. The van der Waals surface area contributed by atoms with Crippen molar-refractivity contribution in [1.82, 2.24) is 10.2 Å². The lowest BCUT2D eigenvalue weighted by atomic mass is 10.0. The van der Waals surface area contributed by atoms with Gasteiger partial charge in [0.2, 0.25) is 5.91 Å². The first-order chi connectivity index (χ1) is 6.11. The molecule has 0 spiro atoms. The van der Waals surface area contributed by atoms with Crippen LogP contribution in [0.3, 0.4) is 0 Å². The van der Waals surface area contributed by atoms with Crippen molar-refractivity contribution in [1.29, 1.82) is 0 Å². The van der Waals surface area contributed by atoms with Crippen LogP contribution in [-0.4, -0.2) is 48.2 Å². The molecule has 1 heterocycles. The van der Waals surface area contributed by atoms with Crippen LogP contribution in [0, 0.1) is 0 Å². The Kier molecular flexibility index (Phi) is 3.27. The van der Waals surface area contributed by atoms with E-state index in [2.05, 4.69) is 5.32 Å². The summed E-state index contributed by atoms with van der Waals surface area (Å²) in [4.78, 5) is 13.0. The second-order valence-electron chi connectivity index (χ2n) is 3.67. The van der Waals surface area contributed by atoms with E-state index in [0.29, 0.717) is 32.5 Å². The molecule has 2 N–H and O–H groups in total. The molecule has 1 aliphatic rings. The molecule has 0 aromatic rings. The lowest BCUT2D eigenvalue weighted by molar-refractivity contribution is -0.130. The smallest absolute Gasteiger partial charge is 0.222 e. The van der Waals surface area contributed by atoms with Gasteiger partial charge in [-0.05, 0) is 13.5 Å². The minimum absolute atomic E-state index is 0.132. The van der Waals surface area contributed by atoms with Crippen LogP contribution < -0.4 is 5.32 Å². The molecule has 1 saturated heterocycles. The average Bonchev–Trinajstić information content (AvgIpc) is 2.47. The summed E-state index contributed by atoms with van der Waals surface area (Å²) in [7, 11) is 1.81. The lowest BCUT2D eigenvalue weighted by Crippen LogP contribution is -2.42. The Balaban J connectivity index is 2.47. The summed E-state index contributed by atoms with van der Waals surface area (Å²) in [5.41, 5.74) is -0.709. The quantitative estimate of drug-likeness (QED) is 0.629. The molecule has 0 radical (unpaired) electrons. The van der Waals surface area contributed by atoms with Crippen LogP contribution in [0.25, 0.3) is 0 Å². The van der Waals surface area contributed by atoms with Crippen LogP contribution in [0.1, 0.15) is 19.8 Å². The first-order valence-corrected chi connectivity index (χ1v) is 4.76. The zero-order valence-electron chi connectivity index (χ0n) is 8.34. The summed E-state index contributed by atoms with van der Waals surface area (Å²) in [6, 6.07) is 0. The molecule has 76 valence electrons. The Hall–Kier alpha value is -0.610. The molecule has 0 saturated carbocycles. The molecule has 0 aromatic heterocycles. The zero-order chi connectivity index (χ0) is 9.90. The Morgan fingerprint density at radius 2 is 2.38 bits per heavy atom. The number of likely N-dealkylation sites (tertiary alicyclic amines) is 1. The number of nitrogens with zero attached hydrogens (tertiary/aromatic N) is 1. The van der Waals surface area contributed by atoms with Crippen LogP contribution in [0.4, 0.5) is 0 Å². The SMILES string of the molecule is CCC(=O)N1CCC(O)(CNC)C1. The fourth-order valence-electron chi connectivity index (χ4n) is 1.77. The Bertz CT molecular complexity index is 196.